The zero-order chi connectivity index (χ0) is 14.7. The number of hydrogen-bond donors (Lipinski definition) is 1. The summed E-state index contributed by atoms with van der Waals surface area (Å²) in [4.78, 5) is 0. The van der Waals surface area contributed by atoms with Crippen molar-refractivity contribution in [3.63, 3.8) is 0 Å². The summed E-state index contributed by atoms with van der Waals surface area (Å²) in [5, 5.41) is 12.3. The Balaban J connectivity index is 1.95. The molecule has 0 atom stereocenters. The molecule has 0 amide bonds. The van der Waals surface area contributed by atoms with Crippen LogP contribution in [-0.4, -0.2) is 19.6 Å². The van der Waals surface area contributed by atoms with E-state index in [0.29, 0.717) is 12.1 Å². The van der Waals surface area contributed by atoms with Crippen molar-refractivity contribution in [1.82, 2.24) is 24.9 Å². The van der Waals surface area contributed by atoms with E-state index >= 15 is 0 Å². The lowest BCUT2D eigenvalue weighted by Gasteiger charge is -2.12. The minimum Gasteiger partial charge on any atom is -0.307 e. The zero-order valence-corrected chi connectivity index (χ0v) is 13.1. The first-order valence-corrected chi connectivity index (χ1v) is 7.26. The van der Waals surface area contributed by atoms with Crippen molar-refractivity contribution in [2.75, 3.05) is 0 Å². The third-order valence-electron chi connectivity index (χ3n) is 3.50. The Morgan fingerprint density at radius 2 is 1.75 bits per heavy atom. The van der Waals surface area contributed by atoms with Crippen molar-refractivity contribution in [1.29, 1.82) is 0 Å². The van der Waals surface area contributed by atoms with Gasteiger partial charge in [-0.25, -0.2) is 0 Å². The summed E-state index contributed by atoms with van der Waals surface area (Å²) >= 11 is 0. The summed E-state index contributed by atoms with van der Waals surface area (Å²) in [6.07, 6.45) is 3.82. The first-order chi connectivity index (χ1) is 9.50. The van der Waals surface area contributed by atoms with Gasteiger partial charge in [-0.1, -0.05) is 0 Å². The van der Waals surface area contributed by atoms with Crippen molar-refractivity contribution in [2.24, 2.45) is 0 Å². The highest BCUT2D eigenvalue weighted by atomic mass is 15.3. The first kappa shape index (κ1) is 14.8. The molecule has 0 saturated carbocycles. The van der Waals surface area contributed by atoms with Crippen molar-refractivity contribution >= 4 is 0 Å². The third kappa shape index (κ3) is 3.10. The van der Waals surface area contributed by atoms with Gasteiger partial charge in [0.2, 0.25) is 0 Å². The van der Waals surface area contributed by atoms with Crippen molar-refractivity contribution < 1.29 is 0 Å². The van der Waals surface area contributed by atoms with Gasteiger partial charge in [-0.15, -0.1) is 0 Å². The molecule has 0 aliphatic heterocycles. The molecule has 0 aliphatic carbocycles. The highest BCUT2D eigenvalue weighted by Crippen LogP contribution is 2.13. The summed E-state index contributed by atoms with van der Waals surface area (Å²) < 4.78 is 4.12. The van der Waals surface area contributed by atoms with Crippen LogP contribution in [0.5, 0.6) is 0 Å². The van der Waals surface area contributed by atoms with Crippen LogP contribution in [0.1, 0.15) is 56.7 Å². The average molecular weight is 275 g/mol. The van der Waals surface area contributed by atoms with Gasteiger partial charge in [-0.05, 0) is 40.7 Å². The minimum atomic E-state index is 0.396. The van der Waals surface area contributed by atoms with Gasteiger partial charge in [0.1, 0.15) is 0 Å². The van der Waals surface area contributed by atoms with Crippen LogP contribution < -0.4 is 5.32 Å². The van der Waals surface area contributed by atoms with Crippen LogP contribution in [0.25, 0.3) is 0 Å². The van der Waals surface area contributed by atoms with Crippen LogP contribution in [0, 0.1) is 6.92 Å². The van der Waals surface area contributed by atoms with Crippen LogP contribution in [0.2, 0.25) is 0 Å². The van der Waals surface area contributed by atoms with E-state index in [4.69, 9.17) is 0 Å². The van der Waals surface area contributed by atoms with Crippen LogP contribution in [0.4, 0.5) is 0 Å². The number of nitrogens with zero attached hydrogens (tertiary/aromatic N) is 4. The minimum absolute atomic E-state index is 0.396. The topological polar surface area (TPSA) is 47.7 Å². The smallest absolute Gasteiger partial charge is 0.0537 e. The molecule has 2 heterocycles. The summed E-state index contributed by atoms with van der Waals surface area (Å²) in [6, 6.07) is 2.87. The Morgan fingerprint density at radius 1 is 1.05 bits per heavy atom. The van der Waals surface area contributed by atoms with E-state index in [0.717, 1.165) is 13.1 Å². The average Bonchev–Trinajstić information content (AvgIpc) is 2.97. The van der Waals surface area contributed by atoms with Gasteiger partial charge in [0.25, 0.3) is 0 Å². The Labute approximate surface area is 121 Å². The lowest BCUT2D eigenvalue weighted by Crippen LogP contribution is -2.18. The maximum Gasteiger partial charge on any atom is 0.0537 e. The fourth-order valence-corrected chi connectivity index (χ4v) is 2.43. The first-order valence-electron chi connectivity index (χ1n) is 7.26. The van der Waals surface area contributed by atoms with Gasteiger partial charge in [-0.2, -0.15) is 10.2 Å². The molecular weight excluding hydrogens is 250 g/mol. The van der Waals surface area contributed by atoms with Crippen LogP contribution >= 0.6 is 0 Å². The lowest BCUT2D eigenvalue weighted by molar-refractivity contribution is 0.494. The van der Waals surface area contributed by atoms with Crippen molar-refractivity contribution in [3.8, 4) is 0 Å². The predicted octanol–water partition coefficient (Wildman–Crippen LogP) is 2.84. The Bertz CT molecular complexity index is 550. The fraction of sp³-hybridized carbons (Fsp3) is 0.600. The Hall–Kier alpha value is -1.62. The largest absolute Gasteiger partial charge is 0.307 e. The normalized spacial score (nSPS) is 11.8. The van der Waals surface area contributed by atoms with Crippen LogP contribution in [0.15, 0.2) is 18.5 Å². The second-order valence-corrected chi connectivity index (χ2v) is 5.76. The zero-order valence-electron chi connectivity index (χ0n) is 13.1. The second kappa shape index (κ2) is 6.22. The van der Waals surface area contributed by atoms with Crippen molar-refractivity contribution in [2.45, 2.75) is 59.8 Å². The van der Waals surface area contributed by atoms with E-state index < -0.39 is 0 Å². The molecule has 0 aromatic carbocycles. The second-order valence-electron chi connectivity index (χ2n) is 5.76. The highest BCUT2D eigenvalue weighted by Gasteiger charge is 2.09. The predicted molar refractivity (Wildman–Crippen MR) is 80.5 cm³/mol. The monoisotopic (exact) mass is 275 g/mol. The van der Waals surface area contributed by atoms with Gasteiger partial charge in [0, 0.05) is 42.6 Å². The maximum atomic E-state index is 4.44. The van der Waals surface area contributed by atoms with E-state index in [9.17, 15) is 0 Å². The van der Waals surface area contributed by atoms with Crippen LogP contribution in [0.3, 0.4) is 0 Å². The highest BCUT2D eigenvalue weighted by molar-refractivity contribution is 5.16. The molecule has 1 N–H and O–H groups in total. The number of nitrogens with one attached hydrogen (secondary N) is 1. The molecule has 20 heavy (non-hydrogen) atoms. The quantitative estimate of drug-likeness (QED) is 0.882. The van der Waals surface area contributed by atoms with Gasteiger partial charge in [0.15, 0.2) is 0 Å². The van der Waals surface area contributed by atoms with E-state index in [1.807, 2.05) is 12.4 Å². The molecule has 2 aromatic heterocycles. The molecule has 0 spiro atoms. The Morgan fingerprint density at radius 3 is 2.35 bits per heavy atom. The fourth-order valence-electron chi connectivity index (χ4n) is 2.43. The Kier molecular flexibility index (Phi) is 4.60. The molecule has 110 valence electrons. The van der Waals surface area contributed by atoms with E-state index in [2.05, 4.69) is 65.6 Å². The SMILES string of the molecule is Cc1c(CNCc2ccnn2C(C)C)cnn1C(C)C. The maximum absolute atomic E-state index is 4.44. The molecule has 0 unspecified atom stereocenters. The molecule has 0 radical (unpaired) electrons. The van der Waals surface area contributed by atoms with Gasteiger partial charge >= 0.3 is 0 Å². The van der Waals surface area contributed by atoms with E-state index in [1.165, 1.54) is 17.0 Å². The molecule has 5 nitrogen and oxygen atoms in total. The molecule has 0 saturated heterocycles. The van der Waals surface area contributed by atoms with E-state index in [-0.39, 0.29) is 0 Å². The summed E-state index contributed by atoms with van der Waals surface area (Å²) in [7, 11) is 0. The molecule has 2 rings (SSSR count). The van der Waals surface area contributed by atoms with E-state index in [1.54, 1.807) is 0 Å². The molecule has 2 aromatic rings. The standard InChI is InChI=1S/C15H25N5/c1-11(2)19-13(5)14(9-18-19)8-16-10-15-6-7-17-20(15)12(3)4/h6-7,9,11-12,16H,8,10H2,1-5H3. The summed E-state index contributed by atoms with van der Waals surface area (Å²) in [5.41, 5.74) is 3.72. The molecule has 0 fully saturated rings. The summed E-state index contributed by atoms with van der Waals surface area (Å²) in [6.45, 7) is 12.4. The number of rotatable bonds is 6. The van der Waals surface area contributed by atoms with Crippen molar-refractivity contribution in [3.05, 3.63) is 35.4 Å². The van der Waals surface area contributed by atoms with Gasteiger partial charge in [0.05, 0.1) is 11.9 Å². The molecular formula is C15H25N5. The lowest BCUT2D eigenvalue weighted by atomic mass is 10.2. The molecule has 5 heteroatoms. The van der Waals surface area contributed by atoms with Gasteiger partial charge in [-0.3, -0.25) is 9.36 Å². The summed E-state index contributed by atoms with van der Waals surface area (Å²) in [5.74, 6) is 0. The number of hydrogen-bond acceptors (Lipinski definition) is 3. The van der Waals surface area contributed by atoms with Crippen LogP contribution in [-0.2, 0) is 13.1 Å². The van der Waals surface area contributed by atoms with Gasteiger partial charge < -0.3 is 5.32 Å². The molecule has 0 bridgehead atoms. The third-order valence-corrected chi connectivity index (χ3v) is 3.50. The number of aromatic nitrogens is 4. The molecule has 0 aliphatic rings.